The Hall–Kier alpha value is -2.58. The first-order valence-electron chi connectivity index (χ1n) is 10.8. The molecule has 1 N–H and O–H groups in total. The number of hydrogen-bond acceptors (Lipinski definition) is 7. The molecule has 1 fully saturated rings. The largest absolute Gasteiger partial charge is 0.484 e. The maximum absolute atomic E-state index is 12.9. The molecule has 4 atom stereocenters. The topological polar surface area (TPSA) is 92.3 Å². The molecular weight excluding hydrogens is 414 g/mol. The van der Waals surface area contributed by atoms with Crippen molar-refractivity contribution in [1.82, 2.24) is 5.32 Å². The van der Waals surface area contributed by atoms with Gasteiger partial charge in [0.05, 0.1) is 13.2 Å². The minimum Gasteiger partial charge on any atom is -0.484 e. The summed E-state index contributed by atoms with van der Waals surface area (Å²) >= 11 is 0. The van der Waals surface area contributed by atoms with E-state index < -0.39 is 42.0 Å². The summed E-state index contributed by atoms with van der Waals surface area (Å²) < 4.78 is 28.9. The van der Waals surface area contributed by atoms with Crippen LogP contribution in [0.5, 0.6) is 5.75 Å². The molecule has 0 saturated carbocycles. The normalized spacial score (nSPS) is 24.7. The number of para-hydroxylation sites is 1. The minimum atomic E-state index is -0.905. The average Bonchev–Trinajstić information content (AvgIpc) is 2.69. The number of alkyl carbamates (subject to hydrolysis) is 1. The summed E-state index contributed by atoms with van der Waals surface area (Å²) in [6.45, 7) is 13.5. The molecule has 1 aromatic carbocycles. The Morgan fingerprint density at radius 2 is 1.94 bits per heavy atom. The molecule has 0 radical (unpaired) electrons. The molecule has 0 spiro atoms. The van der Waals surface area contributed by atoms with Gasteiger partial charge in [-0.15, -0.1) is 0 Å². The van der Waals surface area contributed by atoms with E-state index in [0.717, 1.165) is 5.57 Å². The fourth-order valence-electron chi connectivity index (χ4n) is 3.05. The molecule has 1 aliphatic heterocycles. The van der Waals surface area contributed by atoms with Gasteiger partial charge in [-0.3, -0.25) is 0 Å². The molecule has 0 unspecified atom stereocenters. The smallest absolute Gasteiger partial charge is 0.408 e. The highest BCUT2D eigenvalue weighted by molar-refractivity contribution is 5.81. The molecule has 8 nitrogen and oxygen atoms in total. The Bertz CT molecular complexity index is 759. The van der Waals surface area contributed by atoms with Crippen molar-refractivity contribution in [3.8, 4) is 5.75 Å². The van der Waals surface area contributed by atoms with Gasteiger partial charge in [0.15, 0.2) is 6.10 Å². The first kappa shape index (κ1) is 25.7. The van der Waals surface area contributed by atoms with Gasteiger partial charge in [0.2, 0.25) is 0 Å². The van der Waals surface area contributed by atoms with E-state index in [0.29, 0.717) is 12.4 Å². The number of amides is 1. The van der Waals surface area contributed by atoms with Gasteiger partial charge in [-0.05, 0) is 46.8 Å². The van der Waals surface area contributed by atoms with Crippen LogP contribution in [0, 0.1) is 0 Å². The highest BCUT2D eigenvalue weighted by Crippen LogP contribution is 2.21. The summed E-state index contributed by atoms with van der Waals surface area (Å²) in [6, 6.07) is 8.32. The van der Waals surface area contributed by atoms with Gasteiger partial charge in [-0.2, -0.15) is 0 Å². The fraction of sp³-hybridized carbons (Fsp3) is 0.583. The van der Waals surface area contributed by atoms with Crippen molar-refractivity contribution >= 4 is 12.1 Å². The molecule has 0 aromatic heterocycles. The van der Waals surface area contributed by atoms with Crippen LogP contribution in [0.4, 0.5) is 4.79 Å². The maximum Gasteiger partial charge on any atom is 0.408 e. The molecule has 1 amide bonds. The lowest BCUT2D eigenvalue weighted by Crippen LogP contribution is -2.51. The van der Waals surface area contributed by atoms with Crippen LogP contribution in [0.15, 0.2) is 42.5 Å². The molecule has 1 heterocycles. The second-order valence-corrected chi connectivity index (χ2v) is 8.91. The van der Waals surface area contributed by atoms with Crippen LogP contribution < -0.4 is 10.1 Å². The van der Waals surface area contributed by atoms with Crippen LogP contribution in [0.3, 0.4) is 0 Å². The molecule has 1 aliphatic rings. The van der Waals surface area contributed by atoms with Crippen LogP contribution in [-0.4, -0.2) is 61.8 Å². The Morgan fingerprint density at radius 1 is 1.25 bits per heavy atom. The molecule has 8 heteroatoms. The van der Waals surface area contributed by atoms with Crippen molar-refractivity contribution < 1.29 is 33.3 Å². The van der Waals surface area contributed by atoms with Crippen molar-refractivity contribution in [3.63, 3.8) is 0 Å². The van der Waals surface area contributed by atoms with Gasteiger partial charge in [0, 0.05) is 13.0 Å². The third-order valence-corrected chi connectivity index (χ3v) is 4.50. The van der Waals surface area contributed by atoms with Crippen LogP contribution in [-0.2, 0) is 23.7 Å². The Labute approximate surface area is 190 Å². The molecule has 0 aliphatic carbocycles. The lowest BCUT2D eigenvalue weighted by atomic mass is 10.1. The van der Waals surface area contributed by atoms with Gasteiger partial charge in [0.25, 0.3) is 0 Å². The average molecular weight is 450 g/mol. The van der Waals surface area contributed by atoms with Crippen LogP contribution >= 0.6 is 0 Å². The monoisotopic (exact) mass is 449 g/mol. The van der Waals surface area contributed by atoms with Gasteiger partial charge in [-0.1, -0.05) is 30.4 Å². The number of ether oxygens (including phenoxy) is 5. The lowest BCUT2D eigenvalue weighted by molar-refractivity contribution is -0.166. The summed E-state index contributed by atoms with van der Waals surface area (Å²) in [5.41, 5.74) is 0.169. The maximum atomic E-state index is 12.9. The highest BCUT2D eigenvalue weighted by atomic mass is 16.6. The number of nitrogens with one attached hydrogen (secondary N) is 1. The van der Waals surface area contributed by atoms with Gasteiger partial charge < -0.3 is 29.0 Å². The van der Waals surface area contributed by atoms with E-state index in [1.54, 1.807) is 27.7 Å². The molecule has 32 heavy (non-hydrogen) atoms. The quantitative estimate of drug-likeness (QED) is 0.524. The van der Waals surface area contributed by atoms with Crippen molar-refractivity contribution in [2.45, 2.75) is 71.0 Å². The predicted molar refractivity (Wildman–Crippen MR) is 120 cm³/mol. The molecule has 2 rings (SSSR count). The standard InChI is InChI=1S/C24H35NO7/c1-16(2)14-29-20-15-28-13-12-19(25-23(27)32-24(4,5)6)22(26)30-17(3)21(20)31-18-10-8-7-9-11-18/h7-11,17,19-21H,1,12-15H2,2-6H3,(H,25,27)/t17-,19-,20-,21-/m0/s1. The molecule has 0 bridgehead atoms. The lowest BCUT2D eigenvalue weighted by Gasteiger charge is -2.34. The Kier molecular flexibility index (Phi) is 9.53. The predicted octanol–water partition coefficient (Wildman–Crippen LogP) is 3.64. The summed E-state index contributed by atoms with van der Waals surface area (Å²) in [6.07, 6.45) is -2.26. The highest BCUT2D eigenvalue weighted by Gasteiger charge is 2.36. The molecule has 1 aromatic rings. The van der Waals surface area contributed by atoms with E-state index >= 15 is 0 Å². The van der Waals surface area contributed by atoms with Crippen LogP contribution in [0.2, 0.25) is 0 Å². The van der Waals surface area contributed by atoms with Crippen molar-refractivity contribution in [2.24, 2.45) is 0 Å². The van der Waals surface area contributed by atoms with Gasteiger partial charge in [0.1, 0.15) is 29.6 Å². The Morgan fingerprint density at radius 3 is 2.56 bits per heavy atom. The van der Waals surface area contributed by atoms with E-state index in [1.165, 1.54) is 0 Å². The number of cyclic esters (lactones) is 1. The zero-order valence-electron chi connectivity index (χ0n) is 19.6. The number of rotatable bonds is 6. The van der Waals surface area contributed by atoms with E-state index in [1.807, 2.05) is 37.3 Å². The minimum absolute atomic E-state index is 0.217. The van der Waals surface area contributed by atoms with Crippen molar-refractivity contribution in [3.05, 3.63) is 42.5 Å². The Balaban J connectivity index is 2.17. The van der Waals surface area contributed by atoms with Gasteiger partial charge >= 0.3 is 12.1 Å². The van der Waals surface area contributed by atoms with E-state index in [-0.39, 0.29) is 19.6 Å². The first-order valence-corrected chi connectivity index (χ1v) is 10.8. The second kappa shape index (κ2) is 11.9. The van der Waals surface area contributed by atoms with Crippen molar-refractivity contribution in [2.75, 3.05) is 19.8 Å². The number of esters is 1. The summed E-state index contributed by atoms with van der Waals surface area (Å²) in [7, 11) is 0. The summed E-state index contributed by atoms with van der Waals surface area (Å²) in [4.78, 5) is 25.0. The molecular formula is C24H35NO7. The molecule has 1 saturated heterocycles. The second-order valence-electron chi connectivity index (χ2n) is 8.91. The van der Waals surface area contributed by atoms with Crippen molar-refractivity contribution in [1.29, 1.82) is 0 Å². The summed E-state index contributed by atoms with van der Waals surface area (Å²) in [5.74, 6) is 0.0268. The zero-order valence-corrected chi connectivity index (χ0v) is 19.6. The molecule has 178 valence electrons. The van der Waals surface area contributed by atoms with E-state index in [4.69, 9.17) is 23.7 Å². The van der Waals surface area contributed by atoms with Crippen LogP contribution in [0.1, 0.15) is 41.0 Å². The third-order valence-electron chi connectivity index (χ3n) is 4.50. The number of carbonyl (C=O) groups is 2. The van der Waals surface area contributed by atoms with E-state index in [9.17, 15) is 9.59 Å². The fourth-order valence-corrected chi connectivity index (χ4v) is 3.05. The number of carbonyl (C=O) groups excluding carboxylic acids is 2. The zero-order chi connectivity index (χ0) is 23.7. The number of benzene rings is 1. The van der Waals surface area contributed by atoms with Gasteiger partial charge in [-0.25, -0.2) is 9.59 Å². The first-order chi connectivity index (χ1) is 15.0. The van der Waals surface area contributed by atoms with Crippen LogP contribution in [0.25, 0.3) is 0 Å². The number of hydrogen-bond donors (Lipinski definition) is 1. The SMILES string of the molecule is C=C(C)CO[C@H]1COCC[C@H](NC(=O)OC(C)(C)C)C(=O)O[C@@H](C)[C@@H]1Oc1ccccc1. The van der Waals surface area contributed by atoms with E-state index in [2.05, 4.69) is 11.9 Å². The summed E-state index contributed by atoms with van der Waals surface area (Å²) in [5, 5.41) is 2.58. The third kappa shape index (κ3) is 8.88.